The fourth-order valence-corrected chi connectivity index (χ4v) is 7.21. The van der Waals surface area contributed by atoms with E-state index in [0.717, 1.165) is 12.0 Å². The second kappa shape index (κ2) is 13.2. The number of fused-ring (bicyclic) bond motifs is 2. The Morgan fingerprint density at radius 1 is 0.981 bits per heavy atom. The van der Waals surface area contributed by atoms with E-state index >= 15 is 0 Å². The number of hydrogen-bond donors (Lipinski definition) is 1. The molecule has 0 radical (unpaired) electrons. The number of rotatable bonds is 8. The van der Waals surface area contributed by atoms with Gasteiger partial charge < -0.3 is 24.2 Å². The summed E-state index contributed by atoms with van der Waals surface area (Å²) in [5, 5.41) is 9.45. The molecule has 3 fully saturated rings. The Morgan fingerprint density at radius 2 is 1.70 bits per heavy atom. The lowest BCUT2D eigenvalue weighted by Crippen LogP contribution is -2.38. The van der Waals surface area contributed by atoms with Gasteiger partial charge in [0.1, 0.15) is 11.9 Å². The fraction of sp³-hybridized carbons (Fsp3) is 0.351. The highest BCUT2D eigenvalue weighted by Crippen LogP contribution is 2.43. The van der Waals surface area contributed by atoms with Gasteiger partial charge in [0.05, 0.1) is 60.8 Å². The maximum Gasteiger partial charge on any atom is 0.416 e. The van der Waals surface area contributed by atoms with E-state index in [4.69, 9.17) is 19.2 Å². The zero-order valence-corrected chi connectivity index (χ0v) is 28.5. The second-order valence-electron chi connectivity index (χ2n) is 13.3. The number of carboxylic acids is 1. The third-order valence-corrected chi connectivity index (χ3v) is 9.94. The molecule has 3 aliphatic heterocycles. The topological polar surface area (TPSA) is 114 Å². The Balaban J connectivity index is 1.30. The van der Waals surface area contributed by atoms with Gasteiger partial charge in [0.15, 0.2) is 0 Å². The van der Waals surface area contributed by atoms with Crippen LogP contribution >= 0.6 is 0 Å². The summed E-state index contributed by atoms with van der Waals surface area (Å²) >= 11 is 0. The van der Waals surface area contributed by atoms with E-state index in [2.05, 4.69) is 4.98 Å². The molecule has 3 aromatic carbocycles. The molecule has 3 aliphatic rings. The number of hydrogen-bond acceptors (Lipinski definition) is 8. The number of carboxylic acid groups (broad SMARTS) is 1. The van der Waals surface area contributed by atoms with Gasteiger partial charge >= 0.3 is 24.4 Å². The van der Waals surface area contributed by atoms with Crippen LogP contribution in [0, 0.1) is 6.92 Å². The molecular formula is C37H32F6N4O6. The molecule has 10 nitrogen and oxygen atoms in total. The Bertz CT molecular complexity index is 2080. The van der Waals surface area contributed by atoms with Crippen LogP contribution in [0.25, 0.3) is 22.3 Å². The highest BCUT2D eigenvalue weighted by Gasteiger charge is 2.44. The summed E-state index contributed by atoms with van der Waals surface area (Å²) < 4.78 is 99.2. The summed E-state index contributed by atoms with van der Waals surface area (Å²) in [5.74, 6) is -0.293. The number of aromatic carboxylic acids is 1. The first-order valence-electron chi connectivity index (χ1n) is 16.6. The van der Waals surface area contributed by atoms with Crippen LogP contribution in [0.2, 0.25) is 0 Å². The molecule has 4 atom stereocenters. The number of cyclic esters (lactones) is 1. The number of halogens is 6. The normalized spacial score (nSPS) is 21.3. The summed E-state index contributed by atoms with van der Waals surface area (Å²) in [4.78, 5) is 37.8. The van der Waals surface area contributed by atoms with Crippen LogP contribution in [0.1, 0.15) is 57.8 Å². The molecule has 16 heteroatoms. The number of morpholine rings is 1. The van der Waals surface area contributed by atoms with Crippen molar-refractivity contribution >= 4 is 18.0 Å². The Kier molecular flexibility index (Phi) is 8.99. The monoisotopic (exact) mass is 742 g/mol. The van der Waals surface area contributed by atoms with Gasteiger partial charge in [0.25, 0.3) is 0 Å². The second-order valence-corrected chi connectivity index (χ2v) is 13.3. The van der Waals surface area contributed by atoms with Crippen LogP contribution in [-0.4, -0.2) is 70.5 Å². The number of aryl methyl sites for hydroxylation is 1. The van der Waals surface area contributed by atoms with E-state index in [1.165, 1.54) is 25.0 Å². The molecule has 0 saturated carbocycles. The Hall–Kier alpha value is -5.38. The van der Waals surface area contributed by atoms with E-state index in [1.807, 2.05) is 11.0 Å². The quantitative estimate of drug-likeness (QED) is 0.180. The van der Waals surface area contributed by atoms with Crippen molar-refractivity contribution in [1.29, 1.82) is 0 Å². The summed E-state index contributed by atoms with van der Waals surface area (Å²) in [5.41, 5.74) is 0.0504. The van der Waals surface area contributed by atoms with Gasteiger partial charge in [-0.15, -0.1) is 0 Å². The molecule has 3 unspecified atom stereocenters. The Morgan fingerprint density at radius 3 is 2.28 bits per heavy atom. The first-order valence-corrected chi connectivity index (χ1v) is 16.6. The predicted octanol–water partition coefficient (Wildman–Crippen LogP) is 7.92. The van der Waals surface area contributed by atoms with E-state index < -0.39 is 53.3 Å². The molecule has 0 aliphatic carbocycles. The number of carbonyl (C=O) groups is 2. The predicted molar refractivity (Wildman–Crippen MR) is 177 cm³/mol. The molecule has 278 valence electrons. The molecule has 0 spiro atoms. The lowest BCUT2D eigenvalue weighted by atomic mass is 9.94. The van der Waals surface area contributed by atoms with Gasteiger partial charge in [0, 0.05) is 23.9 Å². The first kappa shape index (κ1) is 36.0. The van der Waals surface area contributed by atoms with Crippen molar-refractivity contribution in [2.45, 2.75) is 63.5 Å². The number of ether oxygens (including phenoxy) is 3. The SMILES string of the molecule is COc1ccc(-c2ccc(C(=O)O)cc2C)cc1-c1cnc(N2CC3CC2CO3)nc1CN1C(=O)O[C@H](c2cc(C(F)(F)F)cc(C(F)(F)F)c2)C1C. The standard InChI is InChI=1S/C37H32F6N4O6/c1-18-8-21(33(48)49)4-6-27(18)20-5-7-31(51-3)28(11-20)29-14-44-34(47-15-26-13-25(47)17-52-26)45-30(29)16-46-19(2)32(53-35(46)50)22-9-23(36(38,39)40)12-24(10-22)37(41,42)43/h4-12,14,19,25-26,32H,13,15-17H2,1-3H3,(H,48,49)/t19?,25?,26?,32-/m0/s1. The minimum absolute atomic E-state index is 0.00245. The van der Waals surface area contributed by atoms with E-state index in [-0.39, 0.29) is 30.3 Å². The first-order chi connectivity index (χ1) is 25.0. The van der Waals surface area contributed by atoms with Crippen LogP contribution in [-0.2, 0) is 28.4 Å². The van der Waals surface area contributed by atoms with Gasteiger partial charge in [-0.2, -0.15) is 26.3 Å². The highest BCUT2D eigenvalue weighted by molar-refractivity contribution is 5.89. The number of benzene rings is 3. The molecule has 3 saturated heterocycles. The molecule has 1 aromatic heterocycles. The molecule has 1 amide bonds. The summed E-state index contributed by atoms with van der Waals surface area (Å²) in [6.45, 7) is 4.03. The van der Waals surface area contributed by atoms with Crippen molar-refractivity contribution in [3.8, 4) is 28.0 Å². The van der Waals surface area contributed by atoms with Crippen LogP contribution in [0.15, 0.2) is 60.8 Å². The van der Waals surface area contributed by atoms with E-state index in [0.29, 0.717) is 64.9 Å². The smallest absolute Gasteiger partial charge is 0.416 e. The number of anilines is 1. The third-order valence-electron chi connectivity index (χ3n) is 9.94. The van der Waals surface area contributed by atoms with Crippen LogP contribution in [0.5, 0.6) is 5.75 Å². The molecule has 2 bridgehead atoms. The maximum atomic E-state index is 13.7. The van der Waals surface area contributed by atoms with Crippen molar-refractivity contribution in [3.05, 3.63) is 94.3 Å². The average molecular weight is 743 g/mol. The minimum Gasteiger partial charge on any atom is -0.496 e. The van der Waals surface area contributed by atoms with Crippen LogP contribution in [0.3, 0.4) is 0 Å². The summed E-state index contributed by atoms with van der Waals surface area (Å²) in [6, 6.07) is 10.2. The zero-order chi connectivity index (χ0) is 38.0. The molecule has 4 aromatic rings. The number of carbonyl (C=O) groups excluding carboxylic acids is 1. The molecule has 7 rings (SSSR count). The number of methoxy groups -OCH3 is 1. The molecule has 1 N–H and O–H groups in total. The maximum absolute atomic E-state index is 13.7. The van der Waals surface area contributed by atoms with Crippen molar-refractivity contribution in [1.82, 2.24) is 14.9 Å². The fourth-order valence-electron chi connectivity index (χ4n) is 7.21. The molecule has 4 heterocycles. The van der Waals surface area contributed by atoms with Gasteiger partial charge in [-0.05, 0) is 85.0 Å². The minimum atomic E-state index is -5.09. The largest absolute Gasteiger partial charge is 0.496 e. The van der Waals surface area contributed by atoms with Gasteiger partial charge in [-0.1, -0.05) is 12.1 Å². The Labute approximate surface area is 298 Å². The van der Waals surface area contributed by atoms with Crippen molar-refractivity contribution < 1.29 is 55.2 Å². The highest BCUT2D eigenvalue weighted by atomic mass is 19.4. The van der Waals surface area contributed by atoms with Crippen molar-refractivity contribution in [2.75, 3.05) is 25.2 Å². The van der Waals surface area contributed by atoms with Gasteiger partial charge in [0.2, 0.25) is 5.95 Å². The van der Waals surface area contributed by atoms with Gasteiger partial charge in [-0.25, -0.2) is 19.6 Å². The number of alkyl halides is 6. The molecular weight excluding hydrogens is 710 g/mol. The van der Waals surface area contributed by atoms with Crippen molar-refractivity contribution in [3.63, 3.8) is 0 Å². The van der Waals surface area contributed by atoms with Crippen LogP contribution in [0.4, 0.5) is 37.1 Å². The lowest BCUT2D eigenvalue weighted by Gasteiger charge is -2.28. The number of aromatic nitrogens is 2. The molecule has 53 heavy (non-hydrogen) atoms. The number of amides is 1. The van der Waals surface area contributed by atoms with Crippen molar-refractivity contribution in [2.24, 2.45) is 0 Å². The zero-order valence-electron chi connectivity index (χ0n) is 28.5. The number of nitrogens with zero attached hydrogens (tertiary/aromatic N) is 4. The third kappa shape index (κ3) is 6.82. The summed E-state index contributed by atoms with van der Waals surface area (Å²) in [7, 11) is 1.47. The average Bonchev–Trinajstić information content (AvgIpc) is 3.82. The van der Waals surface area contributed by atoms with Crippen LogP contribution < -0.4 is 9.64 Å². The van der Waals surface area contributed by atoms with E-state index in [1.54, 1.807) is 37.4 Å². The van der Waals surface area contributed by atoms with E-state index in [9.17, 15) is 41.0 Å². The lowest BCUT2D eigenvalue weighted by molar-refractivity contribution is -0.143. The summed E-state index contributed by atoms with van der Waals surface area (Å²) in [6.07, 6.45) is -10.2. The van der Waals surface area contributed by atoms with Gasteiger partial charge in [-0.3, -0.25) is 4.90 Å².